The molecule has 2 fully saturated rings. The molecule has 2 aliphatic rings. The molecule has 9 heteroatoms. The van der Waals surface area contributed by atoms with Gasteiger partial charge in [-0.05, 0) is 61.5 Å². The first-order valence-electron chi connectivity index (χ1n) is 11.5. The Morgan fingerprint density at radius 2 is 1.91 bits per heavy atom. The lowest BCUT2D eigenvalue weighted by Gasteiger charge is -2.35. The summed E-state index contributed by atoms with van der Waals surface area (Å²) < 4.78 is 16.1. The van der Waals surface area contributed by atoms with Gasteiger partial charge in [0.15, 0.2) is 10.6 Å². The highest BCUT2D eigenvalue weighted by Gasteiger charge is 2.23. The second-order valence-corrected chi connectivity index (χ2v) is 8.88. The van der Waals surface area contributed by atoms with Gasteiger partial charge in [0.25, 0.3) is 0 Å². The van der Waals surface area contributed by atoms with Crippen LogP contribution in [0.5, 0.6) is 5.75 Å². The number of aromatic nitrogens is 4. The molecule has 0 radical (unpaired) electrons. The van der Waals surface area contributed by atoms with Crippen LogP contribution >= 0.6 is 12.2 Å². The average molecular weight is 467 g/mol. The van der Waals surface area contributed by atoms with E-state index in [0.29, 0.717) is 6.67 Å². The summed E-state index contributed by atoms with van der Waals surface area (Å²) in [4.78, 5) is 9.21. The highest BCUT2D eigenvalue weighted by molar-refractivity contribution is 7.71. The van der Waals surface area contributed by atoms with Gasteiger partial charge in [-0.15, -0.1) is 0 Å². The molecule has 4 heterocycles. The molecule has 33 heavy (non-hydrogen) atoms. The van der Waals surface area contributed by atoms with E-state index in [1.807, 2.05) is 47.3 Å². The first-order valence-corrected chi connectivity index (χ1v) is 11.9. The van der Waals surface area contributed by atoms with E-state index in [1.165, 1.54) is 0 Å². The van der Waals surface area contributed by atoms with Gasteiger partial charge in [0, 0.05) is 44.5 Å². The minimum absolute atomic E-state index is 0.188. The predicted octanol–water partition coefficient (Wildman–Crippen LogP) is 3.44. The molecule has 2 aromatic heterocycles. The van der Waals surface area contributed by atoms with Gasteiger partial charge < -0.3 is 14.4 Å². The van der Waals surface area contributed by atoms with Crippen molar-refractivity contribution >= 4 is 18.0 Å². The number of nitrogens with zero attached hydrogens (tertiary/aromatic N) is 6. The summed E-state index contributed by atoms with van der Waals surface area (Å²) in [6.07, 6.45) is 4.20. The van der Waals surface area contributed by atoms with Gasteiger partial charge in [0.1, 0.15) is 11.6 Å². The molecule has 1 atom stereocenters. The van der Waals surface area contributed by atoms with Crippen LogP contribution in [0.3, 0.4) is 0 Å². The molecule has 8 nitrogen and oxygen atoms in total. The van der Waals surface area contributed by atoms with Crippen LogP contribution < -0.4 is 9.64 Å². The molecule has 0 aliphatic carbocycles. The second kappa shape index (κ2) is 10.0. The fraction of sp³-hybridized carbons (Fsp3) is 0.458. The van der Waals surface area contributed by atoms with Crippen LogP contribution in [-0.4, -0.2) is 70.2 Å². The molecule has 174 valence electrons. The van der Waals surface area contributed by atoms with E-state index in [4.69, 9.17) is 26.8 Å². The number of hydrogen-bond donors (Lipinski definition) is 0. The minimum Gasteiger partial charge on any atom is -0.497 e. The Balaban J connectivity index is 1.35. The van der Waals surface area contributed by atoms with E-state index in [9.17, 15) is 0 Å². The number of ether oxygens (including phenoxy) is 2. The lowest BCUT2D eigenvalue weighted by molar-refractivity contribution is 0.0966. The van der Waals surface area contributed by atoms with Gasteiger partial charge in [-0.1, -0.05) is 6.07 Å². The van der Waals surface area contributed by atoms with Crippen molar-refractivity contribution in [2.45, 2.75) is 32.2 Å². The number of anilines is 1. The Morgan fingerprint density at radius 1 is 1.09 bits per heavy atom. The molecule has 0 amide bonds. The molecule has 3 aromatic rings. The summed E-state index contributed by atoms with van der Waals surface area (Å²) in [6.45, 7) is 5.98. The van der Waals surface area contributed by atoms with Gasteiger partial charge >= 0.3 is 0 Å². The molecule has 2 aliphatic heterocycles. The topological polar surface area (TPSA) is 60.6 Å². The summed E-state index contributed by atoms with van der Waals surface area (Å²) in [7, 11) is 1.68. The molecular formula is C24H30N6O2S. The maximum Gasteiger partial charge on any atom is 0.199 e. The quantitative estimate of drug-likeness (QED) is 0.494. The van der Waals surface area contributed by atoms with Crippen molar-refractivity contribution in [2.75, 3.05) is 44.8 Å². The van der Waals surface area contributed by atoms with E-state index in [0.717, 1.165) is 79.9 Å². The lowest BCUT2D eigenvalue weighted by atomic mass is 10.2. The zero-order chi connectivity index (χ0) is 22.6. The Bertz CT molecular complexity index is 1100. The fourth-order valence-electron chi connectivity index (χ4n) is 4.49. The molecule has 2 saturated heterocycles. The molecule has 0 bridgehead atoms. The van der Waals surface area contributed by atoms with E-state index in [1.54, 1.807) is 7.11 Å². The molecule has 1 aromatic carbocycles. The third-order valence-corrected chi connectivity index (χ3v) is 6.79. The van der Waals surface area contributed by atoms with Gasteiger partial charge in [-0.3, -0.25) is 9.47 Å². The zero-order valence-electron chi connectivity index (χ0n) is 19.0. The van der Waals surface area contributed by atoms with Crippen molar-refractivity contribution in [1.82, 2.24) is 24.2 Å². The van der Waals surface area contributed by atoms with E-state index in [2.05, 4.69) is 25.4 Å². The number of benzene rings is 1. The lowest BCUT2D eigenvalue weighted by Crippen LogP contribution is -2.47. The molecule has 0 saturated carbocycles. The van der Waals surface area contributed by atoms with Gasteiger partial charge in [0.05, 0.1) is 26.4 Å². The maximum absolute atomic E-state index is 5.91. The van der Waals surface area contributed by atoms with Crippen molar-refractivity contribution in [3.05, 3.63) is 53.4 Å². The number of hydrogen-bond acceptors (Lipinski definition) is 7. The van der Waals surface area contributed by atoms with Crippen LogP contribution in [0.2, 0.25) is 0 Å². The van der Waals surface area contributed by atoms with Crippen molar-refractivity contribution < 1.29 is 9.47 Å². The SMILES string of the molecule is COc1ccc(-c2nn(CN3CCN(c4ccccn4)CC3)c(=S)n2C[C@@H]2CCCO2)cc1. The molecular weight excluding hydrogens is 436 g/mol. The maximum atomic E-state index is 5.91. The first kappa shape index (κ1) is 22.1. The Kier molecular flexibility index (Phi) is 6.70. The summed E-state index contributed by atoms with van der Waals surface area (Å²) >= 11 is 5.90. The van der Waals surface area contributed by atoms with Gasteiger partial charge in [-0.25, -0.2) is 9.67 Å². The van der Waals surface area contributed by atoms with Crippen LogP contribution in [0.15, 0.2) is 48.7 Å². The number of methoxy groups -OCH3 is 1. The van der Waals surface area contributed by atoms with Crippen LogP contribution in [0.4, 0.5) is 5.82 Å². The largest absolute Gasteiger partial charge is 0.497 e. The standard InChI is InChI=1S/C24H30N6O2S/c1-31-20-9-7-19(8-10-20)23-26-30(24(33)29(23)17-21-5-4-16-32-21)18-27-12-14-28(15-13-27)22-6-2-3-11-25-22/h2-3,6-11,21H,4-5,12-18H2,1H3/t21-/m0/s1. The Hall–Kier alpha value is -2.75. The fourth-order valence-corrected chi connectivity index (χ4v) is 4.75. The third-order valence-electron chi connectivity index (χ3n) is 6.36. The van der Waals surface area contributed by atoms with E-state index in [-0.39, 0.29) is 6.10 Å². The van der Waals surface area contributed by atoms with Crippen molar-refractivity contribution in [3.63, 3.8) is 0 Å². The Morgan fingerprint density at radius 3 is 2.58 bits per heavy atom. The molecule has 0 spiro atoms. The predicted molar refractivity (Wildman–Crippen MR) is 130 cm³/mol. The third kappa shape index (κ3) is 4.95. The number of rotatable bonds is 7. The number of pyridine rings is 1. The summed E-state index contributed by atoms with van der Waals surface area (Å²) in [5.41, 5.74) is 1.03. The summed E-state index contributed by atoms with van der Waals surface area (Å²) in [5, 5.41) is 4.96. The first-order chi connectivity index (χ1) is 16.2. The van der Waals surface area contributed by atoms with Gasteiger partial charge in [-0.2, -0.15) is 5.10 Å². The molecule has 5 rings (SSSR count). The van der Waals surface area contributed by atoms with E-state index >= 15 is 0 Å². The normalized spacial score (nSPS) is 19.2. The number of piperazine rings is 1. The summed E-state index contributed by atoms with van der Waals surface area (Å²) in [6, 6.07) is 14.1. The molecule has 0 unspecified atom stereocenters. The Labute approximate surface area is 199 Å². The summed E-state index contributed by atoms with van der Waals surface area (Å²) in [5.74, 6) is 2.75. The van der Waals surface area contributed by atoms with Crippen LogP contribution in [0, 0.1) is 4.77 Å². The van der Waals surface area contributed by atoms with Crippen molar-refractivity contribution in [1.29, 1.82) is 0 Å². The van der Waals surface area contributed by atoms with Gasteiger partial charge in [0.2, 0.25) is 0 Å². The smallest absolute Gasteiger partial charge is 0.199 e. The van der Waals surface area contributed by atoms with Crippen LogP contribution in [0.1, 0.15) is 12.8 Å². The minimum atomic E-state index is 0.188. The average Bonchev–Trinajstić information content (AvgIpc) is 3.49. The van der Waals surface area contributed by atoms with Crippen molar-refractivity contribution in [3.8, 4) is 17.1 Å². The monoisotopic (exact) mass is 466 g/mol. The van der Waals surface area contributed by atoms with E-state index < -0.39 is 0 Å². The highest BCUT2D eigenvalue weighted by atomic mass is 32.1. The second-order valence-electron chi connectivity index (χ2n) is 8.51. The highest BCUT2D eigenvalue weighted by Crippen LogP contribution is 2.24. The van der Waals surface area contributed by atoms with Crippen molar-refractivity contribution in [2.24, 2.45) is 0 Å². The molecule has 0 N–H and O–H groups in total. The van der Waals surface area contributed by atoms with Crippen LogP contribution in [0.25, 0.3) is 11.4 Å². The van der Waals surface area contributed by atoms with Crippen LogP contribution in [-0.2, 0) is 18.0 Å². The zero-order valence-corrected chi connectivity index (χ0v) is 19.8.